The molecule has 0 radical (unpaired) electrons. The van der Waals surface area contributed by atoms with Gasteiger partial charge in [0.15, 0.2) is 5.82 Å². The fourth-order valence-corrected chi connectivity index (χ4v) is 8.15. The zero-order chi connectivity index (χ0) is 29.4. The topological polar surface area (TPSA) is 147 Å². The molecular formula is C25H28FN7O4S4. The molecule has 1 aliphatic rings. The van der Waals surface area contributed by atoms with Gasteiger partial charge in [0.2, 0.25) is 20.3 Å². The number of rotatable bonds is 9. The minimum atomic E-state index is -4.06. The van der Waals surface area contributed by atoms with Crippen molar-refractivity contribution in [3.8, 4) is 21.8 Å². The Labute approximate surface area is 246 Å². The summed E-state index contributed by atoms with van der Waals surface area (Å²) in [5.41, 5.74) is 0.790. The minimum absolute atomic E-state index is 0.00427. The highest BCUT2D eigenvalue weighted by Gasteiger charge is 2.27. The minimum Gasteiger partial charge on any atom is -0.351 e. The van der Waals surface area contributed by atoms with Crippen LogP contribution in [0.2, 0.25) is 0 Å². The fourth-order valence-electron chi connectivity index (χ4n) is 4.33. The van der Waals surface area contributed by atoms with Gasteiger partial charge in [-0.3, -0.25) is 4.72 Å². The Balaban J connectivity index is 1.46. The molecule has 5 rings (SSSR count). The number of halogens is 1. The predicted octanol–water partition coefficient (Wildman–Crippen LogP) is 4.62. The number of nitrogens with one attached hydrogen (secondary N) is 2. The van der Waals surface area contributed by atoms with Crippen LogP contribution in [0.1, 0.15) is 37.6 Å². The monoisotopic (exact) mass is 637 g/mol. The maximum atomic E-state index is 15.9. The Morgan fingerprint density at radius 2 is 1.80 bits per heavy atom. The van der Waals surface area contributed by atoms with E-state index in [0.29, 0.717) is 48.1 Å². The van der Waals surface area contributed by atoms with Gasteiger partial charge in [-0.1, -0.05) is 19.9 Å². The van der Waals surface area contributed by atoms with Gasteiger partial charge < -0.3 is 5.32 Å². The molecule has 1 saturated heterocycles. The van der Waals surface area contributed by atoms with Crippen molar-refractivity contribution in [2.24, 2.45) is 0 Å². The molecule has 4 aromatic rings. The molecular weight excluding hydrogens is 610 g/mol. The Morgan fingerprint density at radius 1 is 1.05 bits per heavy atom. The van der Waals surface area contributed by atoms with E-state index in [9.17, 15) is 16.8 Å². The molecule has 11 nitrogen and oxygen atoms in total. The molecule has 1 aromatic carbocycles. The van der Waals surface area contributed by atoms with Crippen LogP contribution >= 0.6 is 22.7 Å². The van der Waals surface area contributed by atoms with Gasteiger partial charge in [-0.15, -0.1) is 22.7 Å². The molecule has 0 unspecified atom stereocenters. The van der Waals surface area contributed by atoms with E-state index >= 15 is 4.39 Å². The van der Waals surface area contributed by atoms with E-state index in [0.717, 1.165) is 16.3 Å². The van der Waals surface area contributed by atoms with E-state index in [1.807, 2.05) is 13.8 Å². The van der Waals surface area contributed by atoms with Gasteiger partial charge in [0.25, 0.3) is 10.0 Å². The summed E-state index contributed by atoms with van der Waals surface area (Å²) in [6, 6.07) is 6.17. The highest BCUT2D eigenvalue weighted by molar-refractivity contribution is 7.94. The van der Waals surface area contributed by atoms with Crippen LogP contribution in [0.15, 0.2) is 46.4 Å². The zero-order valence-corrected chi connectivity index (χ0v) is 25.7. The van der Waals surface area contributed by atoms with E-state index in [2.05, 4.69) is 25.0 Å². The van der Waals surface area contributed by atoms with E-state index in [1.54, 1.807) is 24.4 Å². The number of anilines is 2. The van der Waals surface area contributed by atoms with Crippen molar-refractivity contribution in [1.29, 1.82) is 0 Å². The van der Waals surface area contributed by atoms with Crippen molar-refractivity contribution in [3.05, 3.63) is 52.9 Å². The van der Waals surface area contributed by atoms with Crippen LogP contribution in [0.25, 0.3) is 21.8 Å². The summed E-state index contributed by atoms with van der Waals surface area (Å²) in [6.07, 6.45) is 5.39. The summed E-state index contributed by atoms with van der Waals surface area (Å²) in [7, 11) is -7.29. The van der Waals surface area contributed by atoms with E-state index in [4.69, 9.17) is 4.98 Å². The van der Waals surface area contributed by atoms with Crippen molar-refractivity contribution >= 4 is 54.4 Å². The Hall–Kier alpha value is -3.05. The summed E-state index contributed by atoms with van der Waals surface area (Å²) < 4.78 is 68.5. The van der Waals surface area contributed by atoms with Crippen molar-refractivity contribution < 1.29 is 21.2 Å². The van der Waals surface area contributed by atoms with Crippen molar-refractivity contribution in [1.82, 2.24) is 24.2 Å². The number of hydrogen-bond donors (Lipinski definition) is 2. The lowest BCUT2D eigenvalue weighted by atomic mass is 10.1. The van der Waals surface area contributed by atoms with Crippen LogP contribution in [-0.4, -0.2) is 66.5 Å². The van der Waals surface area contributed by atoms with Crippen LogP contribution in [0.3, 0.4) is 0 Å². The lowest BCUT2D eigenvalue weighted by Gasteiger charge is -2.30. The quantitative estimate of drug-likeness (QED) is 0.268. The average Bonchev–Trinajstić information content (AvgIpc) is 3.62. The molecule has 1 fully saturated rings. The highest BCUT2D eigenvalue weighted by atomic mass is 32.2. The van der Waals surface area contributed by atoms with Crippen LogP contribution in [-0.2, 0) is 20.0 Å². The first kappa shape index (κ1) is 29.4. The number of benzene rings is 1. The molecule has 0 atom stereocenters. The summed E-state index contributed by atoms with van der Waals surface area (Å²) >= 11 is 2.32. The summed E-state index contributed by atoms with van der Waals surface area (Å²) in [4.78, 5) is 18.2. The molecule has 0 amide bonds. The molecule has 0 bridgehead atoms. The number of piperidine rings is 1. The summed E-state index contributed by atoms with van der Waals surface area (Å²) in [6.45, 7) is 4.79. The van der Waals surface area contributed by atoms with Gasteiger partial charge >= 0.3 is 0 Å². The van der Waals surface area contributed by atoms with Crippen LogP contribution in [0.5, 0.6) is 0 Å². The number of nitrogens with zero attached hydrogens (tertiary/aromatic N) is 5. The Bertz CT molecular complexity index is 1750. The second-order valence-electron chi connectivity index (χ2n) is 9.80. The maximum absolute atomic E-state index is 15.9. The summed E-state index contributed by atoms with van der Waals surface area (Å²) in [5.74, 6) is -0.336. The highest BCUT2D eigenvalue weighted by Crippen LogP contribution is 2.40. The number of hydrogen-bond acceptors (Lipinski definition) is 11. The molecule has 0 spiro atoms. The Morgan fingerprint density at radius 3 is 2.46 bits per heavy atom. The molecule has 0 saturated carbocycles. The van der Waals surface area contributed by atoms with Gasteiger partial charge in [-0.25, -0.2) is 37.0 Å². The average molecular weight is 638 g/mol. The number of thiazole rings is 2. The van der Waals surface area contributed by atoms with Gasteiger partial charge in [-0.2, -0.15) is 8.42 Å². The number of sulfonamides is 2. The van der Waals surface area contributed by atoms with Gasteiger partial charge in [0.05, 0.1) is 33.2 Å². The maximum Gasteiger partial charge on any atom is 0.289 e. The van der Waals surface area contributed by atoms with Gasteiger partial charge in [0, 0.05) is 48.4 Å². The lowest BCUT2D eigenvalue weighted by molar-refractivity contribution is 0.331. The molecule has 2 N–H and O–H groups in total. The number of aromatic nitrogens is 4. The van der Waals surface area contributed by atoms with Crippen molar-refractivity contribution in [3.63, 3.8) is 0 Å². The van der Waals surface area contributed by atoms with Gasteiger partial charge in [0.1, 0.15) is 0 Å². The first-order chi connectivity index (χ1) is 19.4. The smallest absolute Gasteiger partial charge is 0.289 e. The second-order valence-corrected chi connectivity index (χ2v) is 15.6. The second kappa shape index (κ2) is 11.7. The van der Waals surface area contributed by atoms with Crippen LogP contribution in [0, 0.1) is 5.82 Å². The largest absolute Gasteiger partial charge is 0.351 e. The van der Waals surface area contributed by atoms with Gasteiger partial charge in [-0.05, 0) is 31.0 Å². The Kier molecular flexibility index (Phi) is 8.39. The van der Waals surface area contributed by atoms with E-state index < -0.39 is 25.9 Å². The van der Waals surface area contributed by atoms with Crippen LogP contribution in [0.4, 0.5) is 16.0 Å². The molecule has 3 aromatic heterocycles. The standard InChI is InChI=1S/C25H28FN7O4S4/c1-15(2)23-31-21(17-5-4-6-18(20(17)26)32-41(36,37)25-28-11-14-38-25)22(39-23)19-7-10-27-24(30-19)29-16-8-12-33(13-9-16)40(3,34)35/h4-7,10-11,14-16,32H,8-9,12-13H2,1-3H3,(H,27,29,30). The molecule has 16 heteroatoms. The third-order valence-electron chi connectivity index (χ3n) is 6.42. The molecule has 1 aliphatic heterocycles. The first-order valence-electron chi connectivity index (χ1n) is 12.7. The molecule has 4 heterocycles. The first-order valence-corrected chi connectivity index (χ1v) is 17.7. The third kappa shape index (κ3) is 6.56. The predicted molar refractivity (Wildman–Crippen MR) is 159 cm³/mol. The van der Waals surface area contributed by atoms with E-state index in [-0.39, 0.29) is 27.6 Å². The normalized spacial score (nSPS) is 15.3. The van der Waals surface area contributed by atoms with Crippen molar-refractivity contribution in [2.75, 3.05) is 29.4 Å². The molecule has 41 heavy (non-hydrogen) atoms. The zero-order valence-electron chi connectivity index (χ0n) is 22.4. The van der Waals surface area contributed by atoms with Crippen molar-refractivity contribution in [2.45, 2.75) is 43.0 Å². The van der Waals surface area contributed by atoms with E-state index in [1.165, 1.54) is 39.5 Å². The third-order valence-corrected chi connectivity index (χ3v) is 11.7. The molecule has 0 aliphatic carbocycles. The fraction of sp³-hybridized carbons (Fsp3) is 0.360. The summed E-state index contributed by atoms with van der Waals surface area (Å²) in [5, 5.41) is 5.59. The molecule has 218 valence electrons. The van der Waals surface area contributed by atoms with Crippen LogP contribution < -0.4 is 10.0 Å². The SMILES string of the molecule is CC(C)c1nc(-c2cccc(NS(=O)(=O)c3nccs3)c2F)c(-c2ccnc(NC3CCN(S(C)(=O)=O)CC3)n2)s1. The lowest BCUT2D eigenvalue weighted by Crippen LogP contribution is -2.42.